The van der Waals surface area contributed by atoms with Gasteiger partial charge in [-0.15, -0.1) is 0 Å². The van der Waals surface area contributed by atoms with Crippen LogP contribution in [0.2, 0.25) is 0 Å². The largest absolute Gasteiger partial charge is 0.345 e. The van der Waals surface area contributed by atoms with Crippen LogP contribution in [0.25, 0.3) is 0 Å². The Hall–Kier alpha value is -2.37. The van der Waals surface area contributed by atoms with Gasteiger partial charge in [0.25, 0.3) is 11.5 Å². The molecule has 6 heteroatoms. The monoisotopic (exact) mass is 274 g/mol. The second-order valence-electron chi connectivity index (χ2n) is 4.81. The van der Waals surface area contributed by atoms with Gasteiger partial charge in [0.15, 0.2) is 0 Å². The van der Waals surface area contributed by atoms with Crippen LogP contribution < -0.4 is 10.9 Å². The number of aryl methyl sites for hydroxylation is 2. The molecule has 0 spiro atoms. The van der Waals surface area contributed by atoms with Gasteiger partial charge in [-0.05, 0) is 19.9 Å². The van der Waals surface area contributed by atoms with Crippen molar-refractivity contribution in [3.8, 4) is 0 Å². The average molecular weight is 274 g/mol. The predicted octanol–water partition coefficient (Wildman–Crippen LogP) is 0.666. The minimum absolute atomic E-state index is 0.207. The van der Waals surface area contributed by atoms with E-state index in [9.17, 15) is 9.59 Å². The molecule has 2 rings (SSSR count). The summed E-state index contributed by atoms with van der Waals surface area (Å²) in [6.07, 6.45) is 1.58. The molecule has 0 atom stereocenters. The van der Waals surface area contributed by atoms with E-state index in [0.29, 0.717) is 12.1 Å². The fourth-order valence-electron chi connectivity index (χ4n) is 1.90. The number of pyridine rings is 1. The number of nitrogens with one attached hydrogen (secondary N) is 1. The first-order valence-electron chi connectivity index (χ1n) is 6.34. The highest BCUT2D eigenvalue weighted by Crippen LogP contribution is 2.07. The lowest BCUT2D eigenvalue weighted by atomic mass is 10.2. The first kappa shape index (κ1) is 14.0. The highest BCUT2D eigenvalue weighted by atomic mass is 16.2. The van der Waals surface area contributed by atoms with Crippen LogP contribution in [0.4, 0.5) is 0 Å². The van der Waals surface area contributed by atoms with Crippen LogP contribution in [-0.4, -0.2) is 20.0 Å². The summed E-state index contributed by atoms with van der Waals surface area (Å²) in [5.41, 5.74) is 2.17. The molecule has 0 aliphatic heterocycles. The molecular formula is C14H18N4O2. The molecule has 2 aromatic heterocycles. The van der Waals surface area contributed by atoms with Gasteiger partial charge in [0.05, 0.1) is 12.2 Å². The Labute approximate surface area is 117 Å². The van der Waals surface area contributed by atoms with E-state index < -0.39 is 0 Å². The number of rotatable bonds is 3. The number of nitrogens with zero attached hydrogens (tertiary/aromatic N) is 3. The van der Waals surface area contributed by atoms with E-state index in [1.54, 1.807) is 19.3 Å². The van der Waals surface area contributed by atoms with Crippen LogP contribution in [-0.2, 0) is 20.6 Å². The van der Waals surface area contributed by atoms with Gasteiger partial charge in [0.2, 0.25) is 0 Å². The SMILES string of the molecule is Cc1nc(CNC(=O)c2ccn(C)c(=O)c2)n(C)c1C. The van der Waals surface area contributed by atoms with E-state index in [4.69, 9.17) is 0 Å². The van der Waals surface area contributed by atoms with Crippen molar-refractivity contribution < 1.29 is 4.79 Å². The normalized spacial score (nSPS) is 10.6. The average Bonchev–Trinajstić information content (AvgIpc) is 2.66. The molecule has 0 aliphatic rings. The summed E-state index contributed by atoms with van der Waals surface area (Å²) in [5.74, 6) is 0.512. The van der Waals surface area contributed by atoms with E-state index in [0.717, 1.165) is 17.2 Å². The third kappa shape index (κ3) is 2.64. The maximum atomic E-state index is 12.0. The molecular weight excluding hydrogens is 256 g/mol. The van der Waals surface area contributed by atoms with Gasteiger partial charge in [-0.1, -0.05) is 0 Å². The number of amides is 1. The van der Waals surface area contributed by atoms with Crippen LogP contribution in [0.3, 0.4) is 0 Å². The van der Waals surface area contributed by atoms with E-state index in [1.165, 1.54) is 10.6 Å². The molecule has 1 N–H and O–H groups in total. The Bertz CT molecular complexity index is 712. The molecule has 0 saturated heterocycles. The highest BCUT2D eigenvalue weighted by molar-refractivity contribution is 5.93. The number of carbonyl (C=O) groups is 1. The number of hydrogen-bond acceptors (Lipinski definition) is 3. The molecule has 20 heavy (non-hydrogen) atoms. The van der Waals surface area contributed by atoms with Crippen molar-refractivity contribution in [3.05, 3.63) is 51.5 Å². The standard InChI is InChI=1S/C14H18N4O2/c1-9-10(2)18(4)12(16-9)8-15-14(20)11-5-6-17(3)13(19)7-11/h5-7H,8H2,1-4H3,(H,15,20). The molecule has 0 aliphatic carbocycles. The Morgan fingerprint density at radius 3 is 2.60 bits per heavy atom. The Morgan fingerprint density at radius 2 is 2.05 bits per heavy atom. The molecule has 2 heterocycles. The molecule has 0 bridgehead atoms. The zero-order valence-electron chi connectivity index (χ0n) is 12.1. The molecule has 0 aromatic carbocycles. The number of imidazole rings is 1. The summed E-state index contributed by atoms with van der Waals surface area (Å²) >= 11 is 0. The first-order chi connectivity index (χ1) is 9.40. The van der Waals surface area contributed by atoms with Crippen molar-refractivity contribution in [1.29, 1.82) is 0 Å². The fraction of sp³-hybridized carbons (Fsp3) is 0.357. The van der Waals surface area contributed by atoms with Crippen LogP contribution in [0.15, 0.2) is 23.1 Å². The van der Waals surface area contributed by atoms with E-state index in [2.05, 4.69) is 10.3 Å². The zero-order chi connectivity index (χ0) is 14.9. The zero-order valence-corrected chi connectivity index (χ0v) is 12.1. The van der Waals surface area contributed by atoms with Crippen molar-refractivity contribution in [2.45, 2.75) is 20.4 Å². The number of hydrogen-bond donors (Lipinski definition) is 1. The van der Waals surface area contributed by atoms with Crippen LogP contribution in [0, 0.1) is 13.8 Å². The van der Waals surface area contributed by atoms with Crippen molar-refractivity contribution >= 4 is 5.91 Å². The minimum atomic E-state index is -0.277. The Morgan fingerprint density at radius 1 is 1.35 bits per heavy atom. The quantitative estimate of drug-likeness (QED) is 0.894. The summed E-state index contributed by atoms with van der Waals surface area (Å²) in [5, 5.41) is 2.77. The van der Waals surface area contributed by atoms with Gasteiger partial charge >= 0.3 is 0 Å². The number of aromatic nitrogens is 3. The smallest absolute Gasteiger partial charge is 0.251 e. The van der Waals surface area contributed by atoms with Crippen molar-refractivity contribution in [2.75, 3.05) is 0 Å². The van der Waals surface area contributed by atoms with Gasteiger partial charge in [0.1, 0.15) is 5.82 Å². The Balaban J connectivity index is 2.10. The van der Waals surface area contributed by atoms with Gasteiger partial charge in [-0.25, -0.2) is 4.98 Å². The summed E-state index contributed by atoms with van der Waals surface area (Å²) in [6, 6.07) is 2.94. The van der Waals surface area contributed by atoms with Gasteiger partial charge in [0, 0.05) is 37.6 Å². The second kappa shape index (κ2) is 5.32. The molecule has 0 radical (unpaired) electrons. The van der Waals surface area contributed by atoms with Crippen LogP contribution >= 0.6 is 0 Å². The first-order valence-corrected chi connectivity index (χ1v) is 6.34. The van der Waals surface area contributed by atoms with Gasteiger partial charge in [-0.3, -0.25) is 9.59 Å². The topological polar surface area (TPSA) is 68.9 Å². The van der Waals surface area contributed by atoms with Crippen LogP contribution in [0.1, 0.15) is 27.6 Å². The molecule has 0 unspecified atom stereocenters. The van der Waals surface area contributed by atoms with Crippen LogP contribution in [0.5, 0.6) is 0 Å². The van der Waals surface area contributed by atoms with E-state index in [1.807, 2.05) is 25.5 Å². The molecule has 2 aromatic rings. The summed E-state index contributed by atoms with van der Waals surface area (Å²) in [4.78, 5) is 27.9. The lowest BCUT2D eigenvalue weighted by Crippen LogP contribution is -2.26. The molecule has 1 amide bonds. The third-order valence-electron chi connectivity index (χ3n) is 3.48. The lowest BCUT2D eigenvalue weighted by Gasteiger charge is -2.06. The lowest BCUT2D eigenvalue weighted by molar-refractivity contribution is 0.0949. The molecule has 106 valence electrons. The predicted molar refractivity (Wildman–Crippen MR) is 75.5 cm³/mol. The Kier molecular flexibility index (Phi) is 3.74. The minimum Gasteiger partial charge on any atom is -0.345 e. The summed E-state index contributed by atoms with van der Waals surface area (Å²) in [7, 11) is 3.55. The maximum Gasteiger partial charge on any atom is 0.251 e. The fourth-order valence-corrected chi connectivity index (χ4v) is 1.90. The molecule has 6 nitrogen and oxygen atoms in total. The van der Waals surface area contributed by atoms with Gasteiger partial charge < -0.3 is 14.5 Å². The number of carbonyl (C=O) groups excluding carboxylic acids is 1. The van der Waals surface area contributed by atoms with Crippen molar-refractivity contribution in [2.24, 2.45) is 14.1 Å². The summed E-state index contributed by atoms with van der Waals surface area (Å²) < 4.78 is 3.36. The van der Waals surface area contributed by atoms with Crippen molar-refractivity contribution in [1.82, 2.24) is 19.4 Å². The molecule has 0 saturated carbocycles. The van der Waals surface area contributed by atoms with Crippen molar-refractivity contribution in [3.63, 3.8) is 0 Å². The van der Waals surface area contributed by atoms with E-state index in [-0.39, 0.29) is 11.5 Å². The molecule has 0 fully saturated rings. The highest BCUT2D eigenvalue weighted by Gasteiger charge is 2.10. The van der Waals surface area contributed by atoms with E-state index >= 15 is 0 Å². The maximum absolute atomic E-state index is 12.0. The second-order valence-corrected chi connectivity index (χ2v) is 4.81. The van der Waals surface area contributed by atoms with Gasteiger partial charge in [-0.2, -0.15) is 0 Å². The summed E-state index contributed by atoms with van der Waals surface area (Å²) in [6.45, 7) is 4.25. The third-order valence-corrected chi connectivity index (χ3v) is 3.48.